The zero-order valence-corrected chi connectivity index (χ0v) is 12.7. The third-order valence-electron chi connectivity index (χ3n) is 3.59. The predicted molar refractivity (Wildman–Crippen MR) is 80.7 cm³/mol. The van der Waals surface area contributed by atoms with Crippen molar-refractivity contribution in [2.75, 3.05) is 18.7 Å². The largest absolute Gasteiger partial charge is 0.496 e. The number of fused-ring (bicyclic) bond motifs is 1. The molecule has 1 unspecified atom stereocenters. The smallest absolute Gasteiger partial charge is 0.193 e. The number of ether oxygens (including phenoxy) is 2. The first-order valence-corrected chi connectivity index (χ1v) is 8.05. The summed E-state index contributed by atoms with van der Waals surface area (Å²) in [4.78, 5) is 12.6. The molecule has 0 bridgehead atoms. The Bertz CT molecular complexity index is 582. The number of hydrogen-bond acceptors (Lipinski definition) is 4. The van der Waals surface area contributed by atoms with E-state index in [-0.39, 0.29) is 11.9 Å². The molecule has 1 aliphatic heterocycles. The van der Waals surface area contributed by atoms with Gasteiger partial charge in [0.05, 0.1) is 13.0 Å². The third-order valence-corrected chi connectivity index (χ3v) is 5.08. The molecule has 1 atom stereocenters. The average Bonchev–Trinajstić information content (AvgIpc) is 2.96. The molecule has 5 heteroatoms. The zero-order valence-electron chi connectivity index (χ0n) is 11.1. The second-order valence-electron chi connectivity index (χ2n) is 4.79. The van der Waals surface area contributed by atoms with Crippen LogP contribution < -0.4 is 4.74 Å². The van der Waals surface area contributed by atoms with Crippen molar-refractivity contribution in [2.24, 2.45) is 0 Å². The van der Waals surface area contributed by atoms with Crippen LogP contribution >= 0.6 is 23.4 Å². The Morgan fingerprint density at radius 2 is 2.30 bits per heavy atom. The lowest BCUT2D eigenvalue weighted by Crippen LogP contribution is -2.17. The van der Waals surface area contributed by atoms with E-state index in [1.807, 2.05) is 18.2 Å². The quantitative estimate of drug-likeness (QED) is 0.619. The van der Waals surface area contributed by atoms with E-state index in [0.29, 0.717) is 12.3 Å². The minimum Gasteiger partial charge on any atom is -0.496 e. The van der Waals surface area contributed by atoms with Gasteiger partial charge in [-0.15, -0.1) is 11.6 Å². The fourth-order valence-corrected chi connectivity index (χ4v) is 3.97. The van der Waals surface area contributed by atoms with Crippen molar-refractivity contribution in [1.82, 2.24) is 0 Å². The SMILES string of the molecule is COc1cccc2c1CC/C(=C1\OC(CCl)CS1)C2=O. The maximum atomic E-state index is 12.6. The van der Waals surface area contributed by atoms with E-state index in [2.05, 4.69) is 0 Å². The lowest BCUT2D eigenvalue weighted by atomic mass is 9.87. The van der Waals surface area contributed by atoms with Crippen molar-refractivity contribution in [1.29, 1.82) is 0 Å². The van der Waals surface area contributed by atoms with Crippen LogP contribution in [-0.4, -0.2) is 30.6 Å². The number of allylic oxidation sites excluding steroid dienone is 1. The number of thioether (sulfide) groups is 1. The Balaban J connectivity index is 1.96. The summed E-state index contributed by atoms with van der Waals surface area (Å²) in [6.45, 7) is 0. The first-order valence-electron chi connectivity index (χ1n) is 6.53. The maximum Gasteiger partial charge on any atom is 0.193 e. The molecular formula is C15H15ClO3S. The fourth-order valence-electron chi connectivity index (χ4n) is 2.57. The summed E-state index contributed by atoms with van der Waals surface area (Å²) in [6.07, 6.45) is 1.52. The molecule has 1 saturated heterocycles. The van der Waals surface area contributed by atoms with Gasteiger partial charge >= 0.3 is 0 Å². The van der Waals surface area contributed by atoms with E-state index in [9.17, 15) is 4.79 Å². The van der Waals surface area contributed by atoms with Crippen LogP contribution in [-0.2, 0) is 11.2 Å². The minimum atomic E-state index is 0.0173. The van der Waals surface area contributed by atoms with E-state index < -0.39 is 0 Å². The van der Waals surface area contributed by atoms with Gasteiger partial charge in [-0.25, -0.2) is 0 Å². The van der Waals surface area contributed by atoms with Crippen LogP contribution in [0.5, 0.6) is 5.75 Å². The van der Waals surface area contributed by atoms with Crippen molar-refractivity contribution >= 4 is 29.1 Å². The Hall–Kier alpha value is -1.13. The number of methoxy groups -OCH3 is 1. The van der Waals surface area contributed by atoms with Crippen LogP contribution in [0.3, 0.4) is 0 Å². The molecule has 1 heterocycles. The summed E-state index contributed by atoms with van der Waals surface area (Å²) in [6, 6.07) is 5.61. The Kier molecular flexibility index (Phi) is 3.94. The zero-order chi connectivity index (χ0) is 14.1. The van der Waals surface area contributed by atoms with Gasteiger partial charge in [0.2, 0.25) is 0 Å². The molecule has 106 valence electrons. The van der Waals surface area contributed by atoms with Gasteiger partial charge in [-0.3, -0.25) is 4.79 Å². The molecule has 0 amide bonds. The molecule has 1 aromatic rings. The normalized spacial score (nSPS) is 25.3. The van der Waals surface area contributed by atoms with E-state index in [4.69, 9.17) is 21.1 Å². The van der Waals surface area contributed by atoms with Gasteiger partial charge in [0, 0.05) is 22.5 Å². The highest BCUT2D eigenvalue weighted by Crippen LogP contribution is 2.39. The van der Waals surface area contributed by atoms with Crippen molar-refractivity contribution in [3.05, 3.63) is 40.0 Å². The highest BCUT2D eigenvalue weighted by atomic mass is 35.5. The molecule has 1 aromatic carbocycles. The standard InChI is InChI=1S/C15H15ClO3S/c1-18-13-4-2-3-11-10(13)5-6-12(14(11)17)15-19-9(7-16)8-20-15/h2-4,9H,5-8H2,1H3/b15-12-. The highest BCUT2D eigenvalue weighted by molar-refractivity contribution is 8.03. The predicted octanol–water partition coefficient (Wildman–Crippen LogP) is 3.41. The topological polar surface area (TPSA) is 35.5 Å². The van der Waals surface area contributed by atoms with E-state index in [1.165, 1.54) is 0 Å². The summed E-state index contributed by atoms with van der Waals surface area (Å²) >= 11 is 7.40. The van der Waals surface area contributed by atoms with Crippen LogP contribution in [0.25, 0.3) is 0 Å². The molecule has 3 rings (SSSR count). The Morgan fingerprint density at radius 1 is 1.45 bits per heavy atom. The van der Waals surface area contributed by atoms with E-state index >= 15 is 0 Å². The molecule has 0 spiro atoms. The van der Waals surface area contributed by atoms with Crippen LogP contribution in [0.15, 0.2) is 28.9 Å². The van der Waals surface area contributed by atoms with Crippen LogP contribution in [0.4, 0.5) is 0 Å². The first-order chi connectivity index (χ1) is 9.74. The van der Waals surface area contributed by atoms with Gasteiger partial charge in [-0.2, -0.15) is 0 Å². The van der Waals surface area contributed by atoms with Crippen LogP contribution in [0, 0.1) is 0 Å². The molecule has 1 fully saturated rings. The van der Waals surface area contributed by atoms with E-state index in [0.717, 1.165) is 39.7 Å². The number of benzene rings is 1. The number of rotatable bonds is 2. The van der Waals surface area contributed by atoms with Gasteiger partial charge in [0.25, 0.3) is 0 Å². The second kappa shape index (κ2) is 5.70. The van der Waals surface area contributed by atoms with Crippen LogP contribution in [0.1, 0.15) is 22.3 Å². The number of carbonyl (C=O) groups excluding carboxylic acids is 1. The molecule has 0 aromatic heterocycles. The van der Waals surface area contributed by atoms with Crippen molar-refractivity contribution in [3.63, 3.8) is 0 Å². The fraction of sp³-hybridized carbons (Fsp3) is 0.400. The summed E-state index contributed by atoms with van der Waals surface area (Å²) in [5, 5.41) is 0.758. The monoisotopic (exact) mass is 310 g/mol. The maximum absolute atomic E-state index is 12.6. The van der Waals surface area contributed by atoms with Gasteiger partial charge < -0.3 is 9.47 Å². The molecular weight excluding hydrogens is 296 g/mol. The van der Waals surface area contributed by atoms with Gasteiger partial charge in [0.1, 0.15) is 11.9 Å². The molecule has 0 saturated carbocycles. The lowest BCUT2D eigenvalue weighted by Gasteiger charge is -2.20. The minimum absolute atomic E-state index is 0.0173. The van der Waals surface area contributed by atoms with Crippen molar-refractivity contribution < 1.29 is 14.3 Å². The third kappa shape index (κ3) is 2.31. The molecule has 0 radical (unpaired) electrons. The van der Waals surface area contributed by atoms with Crippen molar-refractivity contribution in [2.45, 2.75) is 18.9 Å². The van der Waals surface area contributed by atoms with Crippen molar-refractivity contribution in [3.8, 4) is 5.75 Å². The summed E-state index contributed by atoms with van der Waals surface area (Å²) in [5.74, 6) is 2.13. The number of hydrogen-bond donors (Lipinski definition) is 0. The van der Waals surface area contributed by atoms with Gasteiger partial charge in [-0.1, -0.05) is 23.9 Å². The van der Waals surface area contributed by atoms with Gasteiger partial charge in [0.15, 0.2) is 10.9 Å². The second-order valence-corrected chi connectivity index (χ2v) is 6.09. The summed E-state index contributed by atoms with van der Waals surface area (Å²) < 4.78 is 11.1. The molecule has 0 N–H and O–H groups in total. The molecule has 2 aliphatic rings. The molecule has 20 heavy (non-hydrogen) atoms. The summed E-state index contributed by atoms with van der Waals surface area (Å²) in [5.41, 5.74) is 2.52. The number of Topliss-reactive ketones (excluding diaryl/α,β-unsaturated/α-hetero) is 1. The number of ketones is 1. The number of carbonyl (C=O) groups is 1. The number of alkyl halides is 1. The Morgan fingerprint density at radius 3 is 3.00 bits per heavy atom. The lowest BCUT2D eigenvalue weighted by molar-refractivity contribution is 0.101. The highest BCUT2D eigenvalue weighted by Gasteiger charge is 2.31. The molecule has 1 aliphatic carbocycles. The summed E-state index contributed by atoms with van der Waals surface area (Å²) in [7, 11) is 1.63. The van der Waals surface area contributed by atoms with Gasteiger partial charge in [-0.05, 0) is 18.9 Å². The Labute approximate surface area is 127 Å². The first kappa shape index (κ1) is 13.8. The number of halogens is 1. The molecule has 3 nitrogen and oxygen atoms in total. The van der Waals surface area contributed by atoms with E-state index in [1.54, 1.807) is 18.9 Å². The van der Waals surface area contributed by atoms with Crippen LogP contribution in [0.2, 0.25) is 0 Å². The average molecular weight is 311 g/mol.